The Morgan fingerprint density at radius 3 is 2.79 bits per heavy atom. The fourth-order valence-corrected chi connectivity index (χ4v) is 3.41. The quantitative estimate of drug-likeness (QED) is 0.743. The molecule has 0 bridgehead atoms. The Morgan fingerprint density at radius 1 is 1.25 bits per heavy atom. The van der Waals surface area contributed by atoms with E-state index < -0.39 is 0 Å². The second-order valence-corrected chi connectivity index (χ2v) is 6.59. The predicted molar refractivity (Wildman–Crippen MR) is 99.8 cm³/mol. The smallest absolute Gasteiger partial charge is 0.228 e. The van der Waals surface area contributed by atoms with Crippen LogP contribution in [0.25, 0.3) is 10.2 Å². The third kappa shape index (κ3) is 3.54. The van der Waals surface area contributed by atoms with Crippen LogP contribution in [0.3, 0.4) is 0 Å². The third-order valence-electron chi connectivity index (χ3n) is 3.88. The van der Waals surface area contributed by atoms with Gasteiger partial charge in [-0.25, -0.2) is 9.97 Å². The van der Waals surface area contributed by atoms with Crippen molar-refractivity contribution in [2.45, 2.75) is 19.8 Å². The highest BCUT2D eigenvalue weighted by Crippen LogP contribution is 2.28. The molecule has 1 N–H and O–H groups in total. The van der Waals surface area contributed by atoms with Crippen LogP contribution in [0.4, 0.5) is 11.5 Å². The molecule has 5 nitrogen and oxygen atoms in total. The fourth-order valence-electron chi connectivity index (χ4n) is 2.47. The molecule has 0 radical (unpaired) electrons. The molecule has 124 valence electrons. The zero-order valence-corrected chi connectivity index (χ0v) is 14.6. The van der Waals surface area contributed by atoms with Crippen molar-refractivity contribution < 1.29 is 4.79 Å². The van der Waals surface area contributed by atoms with Crippen LogP contribution < -0.4 is 10.2 Å². The predicted octanol–water partition coefficient (Wildman–Crippen LogP) is 3.72. The molecule has 0 unspecified atom stereocenters. The van der Waals surface area contributed by atoms with Crippen LogP contribution in [0.5, 0.6) is 0 Å². The molecular weight excluding hydrogens is 320 g/mol. The summed E-state index contributed by atoms with van der Waals surface area (Å²) in [7, 11) is 1.80. The molecule has 2 heterocycles. The molecule has 0 saturated heterocycles. The van der Waals surface area contributed by atoms with E-state index in [1.807, 2.05) is 30.3 Å². The maximum atomic E-state index is 12.3. The number of aromatic nitrogens is 2. The number of benzene rings is 1. The molecule has 24 heavy (non-hydrogen) atoms. The summed E-state index contributed by atoms with van der Waals surface area (Å²) in [6, 6.07) is 11.8. The van der Waals surface area contributed by atoms with Crippen molar-refractivity contribution in [2.24, 2.45) is 0 Å². The van der Waals surface area contributed by atoms with Gasteiger partial charge in [0.15, 0.2) is 0 Å². The number of para-hydroxylation sites is 1. The van der Waals surface area contributed by atoms with Crippen LogP contribution in [0.1, 0.15) is 18.2 Å². The SMILES string of the molecule is CCc1cc2c(NCCC(=O)N(C)c3ccccc3)ncnc2s1. The Hall–Kier alpha value is -2.47. The van der Waals surface area contributed by atoms with Crippen LogP contribution in [-0.4, -0.2) is 29.5 Å². The molecule has 3 aromatic rings. The number of fused-ring (bicyclic) bond motifs is 1. The van der Waals surface area contributed by atoms with E-state index in [9.17, 15) is 4.79 Å². The standard InChI is InChI=1S/C18H20N4OS/c1-3-14-11-15-17(20-12-21-18(15)24-14)19-10-9-16(23)22(2)13-7-5-4-6-8-13/h4-8,11-12H,3,9-10H2,1-2H3,(H,19,20,21). The highest BCUT2D eigenvalue weighted by molar-refractivity contribution is 7.18. The number of anilines is 2. The molecule has 0 aliphatic heterocycles. The van der Waals surface area contributed by atoms with Crippen LogP contribution in [0.15, 0.2) is 42.7 Å². The van der Waals surface area contributed by atoms with E-state index in [0.29, 0.717) is 13.0 Å². The van der Waals surface area contributed by atoms with Gasteiger partial charge in [0, 0.05) is 30.6 Å². The van der Waals surface area contributed by atoms with E-state index in [1.165, 1.54) is 4.88 Å². The first-order chi connectivity index (χ1) is 11.7. The molecule has 0 fully saturated rings. The van der Waals surface area contributed by atoms with Gasteiger partial charge in [0.2, 0.25) is 5.91 Å². The highest BCUT2D eigenvalue weighted by Gasteiger charge is 2.11. The molecule has 0 atom stereocenters. The molecular formula is C18H20N4OS. The number of aryl methyl sites for hydroxylation is 1. The Labute approximate surface area is 145 Å². The minimum absolute atomic E-state index is 0.0681. The van der Waals surface area contributed by atoms with Crippen molar-refractivity contribution in [3.8, 4) is 0 Å². The van der Waals surface area contributed by atoms with E-state index >= 15 is 0 Å². The van der Waals surface area contributed by atoms with Crippen LogP contribution in [0.2, 0.25) is 0 Å². The van der Waals surface area contributed by atoms with Crippen molar-refractivity contribution >= 4 is 39.0 Å². The maximum Gasteiger partial charge on any atom is 0.228 e. The number of thiophene rings is 1. The van der Waals surface area contributed by atoms with E-state index in [0.717, 1.165) is 28.1 Å². The van der Waals surface area contributed by atoms with Gasteiger partial charge in [-0.1, -0.05) is 25.1 Å². The van der Waals surface area contributed by atoms with Crippen molar-refractivity contribution in [3.63, 3.8) is 0 Å². The summed E-state index contributed by atoms with van der Waals surface area (Å²) in [6.07, 6.45) is 2.96. The number of hydrogen-bond acceptors (Lipinski definition) is 5. The maximum absolute atomic E-state index is 12.3. The van der Waals surface area contributed by atoms with Crippen LogP contribution in [0, 0.1) is 0 Å². The van der Waals surface area contributed by atoms with Crippen LogP contribution in [-0.2, 0) is 11.2 Å². The lowest BCUT2D eigenvalue weighted by atomic mass is 10.2. The summed E-state index contributed by atoms with van der Waals surface area (Å²) in [5.74, 6) is 0.865. The fraction of sp³-hybridized carbons (Fsp3) is 0.278. The normalized spacial score (nSPS) is 10.8. The Morgan fingerprint density at radius 2 is 2.04 bits per heavy atom. The lowest BCUT2D eigenvalue weighted by Gasteiger charge is -2.17. The minimum atomic E-state index is 0.0681. The number of carbonyl (C=O) groups excluding carboxylic acids is 1. The average Bonchev–Trinajstić information content (AvgIpc) is 3.06. The second kappa shape index (κ2) is 7.40. The first kappa shape index (κ1) is 16.4. The van der Waals surface area contributed by atoms with Gasteiger partial charge in [-0.2, -0.15) is 0 Å². The zero-order chi connectivity index (χ0) is 16.9. The lowest BCUT2D eigenvalue weighted by molar-refractivity contribution is -0.118. The zero-order valence-electron chi connectivity index (χ0n) is 13.8. The molecule has 1 amide bonds. The second-order valence-electron chi connectivity index (χ2n) is 5.47. The summed E-state index contributed by atoms with van der Waals surface area (Å²) in [4.78, 5) is 24.9. The molecule has 0 spiro atoms. The van der Waals surface area contributed by atoms with E-state index in [-0.39, 0.29) is 5.91 Å². The summed E-state index contributed by atoms with van der Waals surface area (Å²) >= 11 is 1.69. The topological polar surface area (TPSA) is 58.1 Å². The van der Waals surface area contributed by atoms with Crippen molar-refractivity contribution in [3.05, 3.63) is 47.6 Å². The summed E-state index contributed by atoms with van der Waals surface area (Å²) < 4.78 is 0. The molecule has 0 saturated carbocycles. The Bertz CT molecular complexity index is 831. The first-order valence-electron chi connectivity index (χ1n) is 7.98. The average molecular weight is 340 g/mol. The van der Waals surface area contributed by atoms with Gasteiger partial charge in [-0.3, -0.25) is 4.79 Å². The Kier molecular flexibility index (Phi) is 5.05. The number of rotatable bonds is 6. The molecule has 6 heteroatoms. The number of carbonyl (C=O) groups is 1. The van der Waals surface area contributed by atoms with Gasteiger partial charge in [0.1, 0.15) is 17.0 Å². The van der Waals surface area contributed by atoms with Gasteiger partial charge in [0.25, 0.3) is 0 Å². The lowest BCUT2D eigenvalue weighted by Crippen LogP contribution is -2.27. The van der Waals surface area contributed by atoms with E-state index in [2.05, 4.69) is 28.3 Å². The summed E-state index contributed by atoms with van der Waals surface area (Å²) in [5.41, 5.74) is 0.900. The van der Waals surface area contributed by atoms with Crippen molar-refractivity contribution in [1.82, 2.24) is 9.97 Å². The highest BCUT2D eigenvalue weighted by atomic mass is 32.1. The monoisotopic (exact) mass is 340 g/mol. The Balaban J connectivity index is 1.62. The molecule has 0 aliphatic rings. The number of hydrogen-bond donors (Lipinski definition) is 1. The van der Waals surface area contributed by atoms with E-state index in [1.54, 1.807) is 29.6 Å². The number of nitrogens with zero attached hydrogens (tertiary/aromatic N) is 3. The van der Waals surface area contributed by atoms with Gasteiger partial charge in [0.05, 0.1) is 5.39 Å². The molecule has 1 aromatic carbocycles. The molecule has 2 aromatic heterocycles. The van der Waals surface area contributed by atoms with Gasteiger partial charge >= 0.3 is 0 Å². The van der Waals surface area contributed by atoms with Crippen LogP contribution >= 0.6 is 11.3 Å². The first-order valence-corrected chi connectivity index (χ1v) is 8.79. The number of amides is 1. The number of nitrogens with one attached hydrogen (secondary N) is 1. The largest absolute Gasteiger partial charge is 0.369 e. The summed E-state index contributed by atoms with van der Waals surface area (Å²) in [5, 5.41) is 4.30. The minimum Gasteiger partial charge on any atom is -0.369 e. The summed E-state index contributed by atoms with van der Waals surface area (Å²) in [6.45, 7) is 2.67. The van der Waals surface area contributed by atoms with Crippen molar-refractivity contribution in [2.75, 3.05) is 23.8 Å². The van der Waals surface area contributed by atoms with Crippen molar-refractivity contribution in [1.29, 1.82) is 0 Å². The molecule has 3 rings (SSSR count). The van der Waals surface area contributed by atoms with E-state index in [4.69, 9.17) is 0 Å². The van der Waals surface area contributed by atoms with Gasteiger partial charge in [-0.05, 0) is 24.6 Å². The van der Waals surface area contributed by atoms with Gasteiger partial charge in [-0.15, -0.1) is 11.3 Å². The van der Waals surface area contributed by atoms with Gasteiger partial charge < -0.3 is 10.2 Å². The molecule has 0 aliphatic carbocycles. The third-order valence-corrected chi connectivity index (χ3v) is 5.07.